The first-order valence-corrected chi connectivity index (χ1v) is 5.76. The van der Waals surface area contributed by atoms with Crippen LogP contribution >= 0.6 is 11.9 Å². The summed E-state index contributed by atoms with van der Waals surface area (Å²) in [7, 11) is 0. The van der Waals surface area contributed by atoms with Gasteiger partial charge in [-0.1, -0.05) is 6.07 Å². The zero-order valence-electron chi connectivity index (χ0n) is 9.84. The van der Waals surface area contributed by atoms with Gasteiger partial charge in [-0.05, 0) is 51.8 Å². The summed E-state index contributed by atoms with van der Waals surface area (Å²) in [6.45, 7) is 7.59. The molecule has 0 aliphatic rings. The fourth-order valence-electron chi connectivity index (χ4n) is 1.09. The Labute approximate surface area is 99.1 Å². The Kier molecular flexibility index (Phi) is 4.08. The van der Waals surface area contributed by atoms with Crippen molar-refractivity contribution in [2.75, 3.05) is 0 Å². The van der Waals surface area contributed by atoms with Crippen LogP contribution in [0.4, 0.5) is 8.78 Å². The molecule has 1 nitrogen and oxygen atoms in total. The third-order valence-electron chi connectivity index (χ3n) is 1.78. The van der Waals surface area contributed by atoms with Crippen molar-refractivity contribution < 1.29 is 8.78 Å². The average Bonchev–Trinajstić information content (AvgIpc) is 2.13. The van der Waals surface area contributed by atoms with Crippen LogP contribution in [-0.2, 0) is 0 Å². The summed E-state index contributed by atoms with van der Waals surface area (Å²) < 4.78 is 30.9. The van der Waals surface area contributed by atoms with Crippen LogP contribution in [0.5, 0.6) is 0 Å². The van der Waals surface area contributed by atoms with Gasteiger partial charge in [0.1, 0.15) is 11.6 Å². The van der Waals surface area contributed by atoms with E-state index in [4.69, 9.17) is 0 Å². The second-order valence-corrected chi connectivity index (χ2v) is 6.07. The SMILES string of the molecule is CC(=NSC(C)(C)C)c1c(F)cccc1F. The van der Waals surface area contributed by atoms with E-state index in [9.17, 15) is 8.78 Å². The van der Waals surface area contributed by atoms with Crippen molar-refractivity contribution in [1.29, 1.82) is 0 Å². The van der Waals surface area contributed by atoms with Crippen molar-refractivity contribution in [3.63, 3.8) is 0 Å². The third-order valence-corrected chi connectivity index (χ3v) is 2.69. The van der Waals surface area contributed by atoms with Crippen molar-refractivity contribution in [3.8, 4) is 0 Å². The van der Waals surface area contributed by atoms with Gasteiger partial charge in [0.25, 0.3) is 0 Å². The Morgan fingerprint density at radius 3 is 2.12 bits per heavy atom. The van der Waals surface area contributed by atoms with Gasteiger partial charge >= 0.3 is 0 Å². The van der Waals surface area contributed by atoms with Gasteiger partial charge in [0.05, 0.1) is 11.3 Å². The standard InChI is InChI=1S/C12H15F2NS/c1-8(15-16-12(2,3)4)11-9(13)6-5-7-10(11)14/h5-7H,1-4H3. The summed E-state index contributed by atoms with van der Waals surface area (Å²) in [6.07, 6.45) is 0. The first-order chi connectivity index (χ1) is 7.31. The monoisotopic (exact) mass is 243 g/mol. The summed E-state index contributed by atoms with van der Waals surface area (Å²) >= 11 is 1.31. The summed E-state index contributed by atoms with van der Waals surface area (Å²) in [4.78, 5) is 0. The Morgan fingerprint density at radius 1 is 1.19 bits per heavy atom. The first-order valence-electron chi connectivity index (χ1n) is 4.98. The molecule has 1 rings (SSSR count). The minimum Gasteiger partial charge on any atom is -0.220 e. The van der Waals surface area contributed by atoms with E-state index in [1.807, 2.05) is 20.8 Å². The van der Waals surface area contributed by atoms with Crippen LogP contribution in [-0.4, -0.2) is 10.5 Å². The van der Waals surface area contributed by atoms with E-state index in [1.165, 1.54) is 30.1 Å². The maximum atomic E-state index is 13.4. The molecule has 0 bridgehead atoms. The lowest BCUT2D eigenvalue weighted by atomic mass is 10.1. The van der Waals surface area contributed by atoms with Gasteiger partial charge in [0, 0.05) is 4.75 Å². The molecule has 0 unspecified atom stereocenters. The molecule has 4 heteroatoms. The Balaban J connectivity index is 3.01. The zero-order chi connectivity index (χ0) is 12.3. The number of halogens is 2. The van der Waals surface area contributed by atoms with Gasteiger partial charge < -0.3 is 0 Å². The lowest BCUT2D eigenvalue weighted by Crippen LogP contribution is -2.08. The fourth-order valence-corrected chi connectivity index (χ4v) is 1.60. The summed E-state index contributed by atoms with van der Waals surface area (Å²) in [5, 5.41) is 0. The van der Waals surface area contributed by atoms with E-state index >= 15 is 0 Å². The molecule has 0 aliphatic heterocycles. The Bertz CT molecular complexity index is 388. The molecule has 0 amide bonds. The van der Waals surface area contributed by atoms with Gasteiger partial charge in [0.2, 0.25) is 0 Å². The summed E-state index contributed by atoms with van der Waals surface area (Å²) in [6, 6.07) is 3.82. The number of benzene rings is 1. The van der Waals surface area contributed by atoms with E-state index in [1.54, 1.807) is 6.92 Å². The van der Waals surface area contributed by atoms with Gasteiger partial charge in [-0.2, -0.15) is 0 Å². The molecule has 0 saturated heterocycles. The molecule has 0 saturated carbocycles. The number of hydrogen-bond acceptors (Lipinski definition) is 2. The zero-order valence-corrected chi connectivity index (χ0v) is 10.7. The molecule has 0 aromatic heterocycles. The molecule has 1 aromatic rings. The number of rotatable bonds is 2. The summed E-state index contributed by atoms with van der Waals surface area (Å²) in [5.74, 6) is -1.15. The van der Waals surface area contributed by atoms with Crippen LogP contribution in [0.25, 0.3) is 0 Å². The van der Waals surface area contributed by atoms with Crippen LogP contribution in [0.1, 0.15) is 33.3 Å². The topological polar surface area (TPSA) is 12.4 Å². The van der Waals surface area contributed by atoms with E-state index in [0.717, 1.165) is 0 Å². The highest BCUT2D eigenvalue weighted by Crippen LogP contribution is 2.25. The Hall–Kier alpha value is -0.900. The molecule has 88 valence electrons. The molecule has 0 heterocycles. The normalized spacial score (nSPS) is 13.0. The van der Waals surface area contributed by atoms with Crippen LogP contribution in [0.15, 0.2) is 22.6 Å². The van der Waals surface area contributed by atoms with Crippen LogP contribution in [0.3, 0.4) is 0 Å². The largest absolute Gasteiger partial charge is 0.220 e. The van der Waals surface area contributed by atoms with Crippen LogP contribution in [0, 0.1) is 11.6 Å². The lowest BCUT2D eigenvalue weighted by molar-refractivity contribution is 0.579. The first kappa shape index (κ1) is 13.2. The molecule has 1 aromatic carbocycles. The highest BCUT2D eigenvalue weighted by Gasteiger charge is 2.14. The maximum absolute atomic E-state index is 13.4. The van der Waals surface area contributed by atoms with E-state index < -0.39 is 11.6 Å². The minimum absolute atomic E-state index is 0.0424. The van der Waals surface area contributed by atoms with Gasteiger partial charge in [-0.25, -0.2) is 13.2 Å². The average molecular weight is 243 g/mol. The molecular weight excluding hydrogens is 228 g/mol. The smallest absolute Gasteiger partial charge is 0.135 e. The second kappa shape index (κ2) is 4.95. The van der Waals surface area contributed by atoms with Gasteiger partial charge in [-0.15, -0.1) is 0 Å². The van der Waals surface area contributed by atoms with E-state index in [0.29, 0.717) is 5.71 Å². The molecule has 0 radical (unpaired) electrons. The Morgan fingerprint density at radius 2 is 1.69 bits per heavy atom. The lowest BCUT2D eigenvalue weighted by Gasteiger charge is -2.14. The van der Waals surface area contributed by atoms with Gasteiger partial charge in [-0.3, -0.25) is 0 Å². The van der Waals surface area contributed by atoms with Crippen molar-refractivity contribution in [3.05, 3.63) is 35.4 Å². The van der Waals surface area contributed by atoms with E-state index in [2.05, 4.69) is 4.40 Å². The van der Waals surface area contributed by atoms with E-state index in [-0.39, 0.29) is 10.3 Å². The molecule has 0 N–H and O–H groups in total. The predicted molar refractivity (Wildman–Crippen MR) is 65.9 cm³/mol. The maximum Gasteiger partial charge on any atom is 0.135 e. The molecule has 0 atom stereocenters. The third kappa shape index (κ3) is 3.59. The molecule has 0 fully saturated rings. The van der Waals surface area contributed by atoms with Crippen molar-refractivity contribution >= 4 is 17.7 Å². The molecule has 0 spiro atoms. The molecule has 0 aliphatic carbocycles. The highest BCUT2D eigenvalue weighted by atomic mass is 32.2. The molecular formula is C12H15F2NS. The predicted octanol–water partition coefficient (Wildman–Crippen LogP) is 4.22. The van der Waals surface area contributed by atoms with Crippen LogP contribution < -0.4 is 0 Å². The highest BCUT2D eigenvalue weighted by molar-refractivity contribution is 7.99. The minimum atomic E-state index is -0.573. The second-order valence-electron chi connectivity index (χ2n) is 4.48. The van der Waals surface area contributed by atoms with Crippen molar-refractivity contribution in [2.24, 2.45) is 4.40 Å². The van der Waals surface area contributed by atoms with Gasteiger partial charge in [0.15, 0.2) is 0 Å². The summed E-state index contributed by atoms with van der Waals surface area (Å²) in [5.41, 5.74) is 0.328. The number of hydrogen-bond donors (Lipinski definition) is 0. The molecule has 16 heavy (non-hydrogen) atoms. The van der Waals surface area contributed by atoms with Crippen molar-refractivity contribution in [1.82, 2.24) is 0 Å². The van der Waals surface area contributed by atoms with Crippen LogP contribution in [0.2, 0.25) is 0 Å². The fraction of sp³-hybridized carbons (Fsp3) is 0.417. The number of nitrogens with zero attached hydrogens (tertiary/aromatic N) is 1. The quantitative estimate of drug-likeness (QED) is 0.559. The van der Waals surface area contributed by atoms with Crippen molar-refractivity contribution in [2.45, 2.75) is 32.4 Å².